The molecule has 0 atom stereocenters. The number of aromatic nitrogens is 1. The van der Waals surface area contributed by atoms with E-state index in [4.69, 9.17) is 0 Å². The molecule has 1 aliphatic heterocycles. The van der Waals surface area contributed by atoms with Crippen molar-refractivity contribution in [1.82, 2.24) is 4.98 Å². The van der Waals surface area contributed by atoms with Crippen molar-refractivity contribution in [3.05, 3.63) is 30.1 Å². The molecule has 11 heavy (non-hydrogen) atoms. The number of rotatable bonds is 1. The molecule has 54 valence electrons. The van der Waals surface area contributed by atoms with Gasteiger partial charge in [-0.2, -0.15) is 0 Å². The molecule has 0 N–H and O–H groups in total. The molecular formula is C8H7N3. The van der Waals surface area contributed by atoms with Gasteiger partial charge < -0.3 is 0 Å². The first kappa shape index (κ1) is 6.22. The zero-order valence-corrected chi connectivity index (χ0v) is 5.94. The topological polar surface area (TPSA) is 37.6 Å². The highest BCUT2D eigenvalue weighted by Crippen LogP contribution is 2.01. The Bertz CT molecular complexity index is 300. The summed E-state index contributed by atoms with van der Waals surface area (Å²) in [6, 6.07) is 3.89. The van der Waals surface area contributed by atoms with Gasteiger partial charge in [0.05, 0.1) is 12.3 Å². The predicted molar refractivity (Wildman–Crippen MR) is 44.1 cm³/mol. The van der Waals surface area contributed by atoms with Crippen molar-refractivity contribution >= 4 is 12.1 Å². The molecule has 2 rings (SSSR count). The first-order valence-electron chi connectivity index (χ1n) is 3.42. The van der Waals surface area contributed by atoms with Crippen LogP contribution in [0.25, 0.3) is 0 Å². The quantitative estimate of drug-likeness (QED) is 0.578. The number of hydrogen-bond donors (Lipinski definition) is 0. The Morgan fingerprint density at radius 3 is 3.00 bits per heavy atom. The van der Waals surface area contributed by atoms with Gasteiger partial charge in [0.1, 0.15) is 6.34 Å². The van der Waals surface area contributed by atoms with E-state index in [0.29, 0.717) is 6.54 Å². The lowest BCUT2D eigenvalue weighted by molar-refractivity contribution is 1.29. The van der Waals surface area contributed by atoms with Crippen LogP contribution in [0.1, 0.15) is 5.56 Å². The average molecular weight is 145 g/mol. The molecule has 2 heterocycles. The van der Waals surface area contributed by atoms with Crippen LogP contribution in [-0.4, -0.2) is 23.6 Å². The highest BCUT2D eigenvalue weighted by molar-refractivity contribution is 6.07. The summed E-state index contributed by atoms with van der Waals surface area (Å²) in [5.74, 6) is 0. The maximum atomic E-state index is 4.09. The zero-order valence-electron chi connectivity index (χ0n) is 5.94. The van der Waals surface area contributed by atoms with E-state index in [1.807, 2.05) is 12.1 Å². The third-order valence-electron chi connectivity index (χ3n) is 1.53. The van der Waals surface area contributed by atoms with Crippen LogP contribution in [0.4, 0.5) is 0 Å². The molecule has 1 aromatic heterocycles. The van der Waals surface area contributed by atoms with Crippen molar-refractivity contribution in [1.29, 1.82) is 0 Å². The number of aliphatic imine (C=N–C) groups is 2. The van der Waals surface area contributed by atoms with Gasteiger partial charge in [-0.15, -0.1) is 0 Å². The smallest absolute Gasteiger partial charge is 0.110 e. The van der Waals surface area contributed by atoms with Crippen LogP contribution in [0.5, 0.6) is 0 Å². The van der Waals surface area contributed by atoms with E-state index in [1.54, 1.807) is 18.7 Å². The van der Waals surface area contributed by atoms with Crippen LogP contribution in [0.3, 0.4) is 0 Å². The van der Waals surface area contributed by atoms with Gasteiger partial charge in [0.15, 0.2) is 0 Å². The summed E-state index contributed by atoms with van der Waals surface area (Å²) in [5, 5.41) is 0. The highest BCUT2D eigenvalue weighted by Gasteiger charge is 2.03. The molecular weight excluding hydrogens is 138 g/mol. The number of nitrogens with zero attached hydrogens (tertiary/aromatic N) is 3. The fourth-order valence-corrected chi connectivity index (χ4v) is 0.978. The SMILES string of the molecule is C1=NCC(c2cccnc2)=N1. The second-order valence-electron chi connectivity index (χ2n) is 2.27. The van der Waals surface area contributed by atoms with Gasteiger partial charge in [-0.25, -0.2) is 4.99 Å². The summed E-state index contributed by atoms with van der Waals surface area (Å²) >= 11 is 0. The van der Waals surface area contributed by atoms with Crippen molar-refractivity contribution in [2.75, 3.05) is 6.54 Å². The Hall–Kier alpha value is -1.51. The van der Waals surface area contributed by atoms with Crippen molar-refractivity contribution in [2.24, 2.45) is 9.98 Å². The van der Waals surface area contributed by atoms with Crippen LogP contribution in [-0.2, 0) is 0 Å². The second kappa shape index (κ2) is 2.62. The summed E-state index contributed by atoms with van der Waals surface area (Å²) in [4.78, 5) is 12.1. The van der Waals surface area contributed by atoms with Gasteiger partial charge in [0.25, 0.3) is 0 Å². The zero-order chi connectivity index (χ0) is 7.52. The van der Waals surface area contributed by atoms with E-state index >= 15 is 0 Å². The van der Waals surface area contributed by atoms with Gasteiger partial charge in [-0.3, -0.25) is 9.98 Å². The summed E-state index contributed by atoms with van der Waals surface area (Å²) in [6.07, 6.45) is 5.13. The molecule has 0 fully saturated rings. The van der Waals surface area contributed by atoms with Crippen LogP contribution < -0.4 is 0 Å². The lowest BCUT2D eigenvalue weighted by Gasteiger charge is -1.95. The molecule has 1 aliphatic rings. The molecule has 0 aromatic carbocycles. The van der Waals surface area contributed by atoms with Crippen LogP contribution in [0, 0.1) is 0 Å². The molecule has 0 radical (unpaired) electrons. The van der Waals surface area contributed by atoms with E-state index in [2.05, 4.69) is 15.0 Å². The molecule has 3 heteroatoms. The Morgan fingerprint density at radius 1 is 1.36 bits per heavy atom. The Labute approximate surface area is 64.5 Å². The molecule has 0 unspecified atom stereocenters. The molecule has 0 aliphatic carbocycles. The van der Waals surface area contributed by atoms with Crippen molar-refractivity contribution in [3.63, 3.8) is 0 Å². The van der Waals surface area contributed by atoms with E-state index in [1.165, 1.54) is 0 Å². The first-order valence-corrected chi connectivity index (χ1v) is 3.42. The maximum absolute atomic E-state index is 4.09. The predicted octanol–water partition coefficient (Wildman–Crippen LogP) is 0.913. The second-order valence-corrected chi connectivity index (χ2v) is 2.27. The van der Waals surface area contributed by atoms with Gasteiger partial charge in [-0.1, -0.05) is 0 Å². The molecule has 1 aromatic rings. The molecule has 0 spiro atoms. The fraction of sp³-hybridized carbons (Fsp3) is 0.125. The largest absolute Gasteiger partial charge is 0.267 e. The van der Waals surface area contributed by atoms with Gasteiger partial charge in [0.2, 0.25) is 0 Å². The summed E-state index contributed by atoms with van der Waals surface area (Å²) in [5.41, 5.74) is 2.06. The number of hydrogen-bond acceptors (Lipinski definition) is 3. The van der Waals surface area contributed by atoms with E-state index in [9.17, 15) is 0 Å². The first-order chi connectivity index (χ1) is 5.47. The normalized spacial score (nSPS) is 15.1. The molecule has 0 saturated carbocycles. The third-order valence-corrected chi connectivity index (χ3v) is 1.53. The van der Waals surface area contributed by atoms with Crippen LogP contribution >= 0.6 is 0 Å². The molecule has 0 bridgehead atoms. The summed E-state index contributed by atoms with van der Waals surface area (Å²) in [6.45, 7) is 0.686. The maximum Gasteiger partial charge on any atom is 0.110 e. The van der Waals surface area contributed by atoms with Crippen molar-refractivity contribution in [2.45, 2.75) is 0 Å². The fourth-order valence-electron chi connectivity index (χ4n) is 0.978. The van der Waals surface area contributed by atoms with Crippen LogP contribution in [0.2, 0.25) is 0 Å². The van der Waals surface area contributed by atoms with Crippen LogP contribution in [0.15, 0.2) is 34.5 Å². The van der Waals surface area contributed by atoms with E-state index in [-0.39, 0.29) is 0 Å². The minimum Gasteiger partial charge on any atom is -0.267 e. The Balaban J connectivity index is 2.31. The summed E-state index contributed by atoms with van der Waals surface area (Å²) < 4.78 is 0. The standard InChI is InChI=1S/C8H7N3/c1-2-7(4-9-3-1)8-5-10-6-11-8/h1-4,6H,5H2. The van der Waals surface area contributed by atoms with Gasteiger partial charge in [0, 0.05) is 18.0 Å². The summed E-state index contributed by atoms with van der Waals surface area (Å²) in [7, 11) is 0. The Morgan fingerprint density at radius 2 is 2.36 bits per heavy atom. The van der Waals surface area contributed by atoms with Gasteiger partial charge in [-0.05, 0) is 12.1 Å². The average Bonchev–Trinajstić information content (AvgIpc) is 2.58. The monoisotopic (exact) mass is 145 g/mol. The third kappa shape index (κ3) is 1.17. The van der Waals surface area contributed by atoms with E-state index in [0.717, 1.165) is 11.3 Å². The van der Waals surface area contributed by atoms with Gasteiger partial charge >= 0.3 is 0 Å². The van der Waals surface area contributed by atoms with Crippen molar-refractivity contribution in [3.8, 4) is 0 Å². The molecule has 3 nitrogen and oxygen atoms in total. The highest BCUT2D eigenvalue weighted by atomic mass is 14.9. The van der Waals surface area contributed by atoms with E-state index < -0.39 is 0 Å². The minimum atomic E-state index is 0.686. The number of pyridine rings is 1. The molecule has 0 amide bonds. The minimum absolute atomic E-state index is 0.686. The Kier molecular flexibility index (Phi) is 1.48. The molecule has 0 saturated heterocycles. The lowest BCUT2D eigenvalue weighted by atomic mass is 10.2. The van der Waals surface area contributed by atoms with Crippen molar-refractivity contribution < 1.29 is 0 Å². The lowest BCUT2D eigenvalue weighted by Crippen LogP contribution is -2.01.